The summed E-state index contributed by atoms with van der Waals surface area (Å²) >= 11 is 0. The van der Waals surface area contributed by atoms with Gasteiger partial charge in [-0.2, -0.15) is 15.0 Å². The Labute approximate surface area is 125 Å². The molecule has 0 bridgehead atoms. The van der Waals surface area contributed by atoms with Crippen molar-refractivity contribution < 1.29 is 4.74 Å². The van der Waals surface area contributed by atoms with Gasteiger partial charge in [0.1, 0.15) is 0 Å². The van der Waals surface area contributed by atoms with Crippen molar-refractivity contribution in [2.75, 3.05) is 61.6 Å². The predicted octanol–water partition coefficient (Wildman–Crippen LogP) is 0.986. The summed E-state index contributed by atoms with van der Waals surface area (Å²) in [5.41, 5.74) is 0. The molecule has 0 radical (unpaired) electrons. The van der Waals surface area contributed by atoms with Crippen LogP contribution in [-0.2, 0) is 4.74 Å². The second kappa shape index (κ2) is 6.43. The van der Waals surface area contributed by atoms with Crippen molar-refractivity contribution in [3.05, 3.63) is 0 Å². The maximum atomic E-state index is 5.40. The van der Waals surface area contributed by atoms with Crippen LogP contribution in [0.3, 0.4) is 0 Å². The molecule has 21 heavy (non-hydrogen) atoms. The molecule has 3 rings (SSSR count). The van der Waals surface area contributed by atoms with Crippen molar-refractivity contribution in [1.82, 2.24) is 15.0 Å². The van der Waals surface area contributed by atoms with E-state index in [9.17, 15) is 0 Å². The molecule has 1 aliphatic heterocycles. The Morgan fingerprint density at radius 2 is 2.00 bits per heavy atom. The van der Waals surface area contributed by atoms with E-state index in [1.165, 1.54) is 12.8 Å². The lowest BCUT2D eigenvalue weighted by Crippen LogP contribution is -2.38. The summed E-state index contributed by atoms with van der Waals surface area (Å²) in [5, 5.41) is 3.20. The molecule has 1 aromatic rings. The first-order valence-electron chi connectivity index (χ1n) is 7.80. The van der Waals surface area contributed by atoms with Gasteiger partial charge in [-0.1, -0.05) is 0 Å². The zero-order valence-electron chi connectivity index (χ0n) is 12.9. The fraction of sp³-hybridized carbons (Fsp3) is 0.786. The molecule has 7 nitrogen and oxygen atoms in total. The summed E-state index contributed by atoms with van der Waals surface area (Å²) in [6, 6.07) is 0. The van der Waals surface area contributed by atoms with Crippen LogP contribution in [0, 0.1) is 5.92 Å². The van der Waals surface area contributed by atoms with E-state index in [2.05, 4.69) is 37.1 Å². The minimum absolute atomic E-state index is 0.659. The average Bonchev–Trinajstić information content (AvgIpc) is 3.32. The first kappa shape index (κ1) is 14.3. The van der Waals surface area contributed by atoms with Gasteiger partial charge in [-0.05, 0) is 25.7 Å². The fourth-order valence-corrected chi connectivity index (χ4v) is 2.44. The quantitative estimate of drug-likeness (QED) is 0.838. The van der Waals surface area contributed by atoms with Crippen LogP contribution in [-0.4, -0.2) is 61.4 Å². The van der Waals surface area contributed by atoms with Crippen molar-refractivity contribution in [2.24, 2.45) is 5.92 Å². The van der Waals surface area contributed by atoms with Gasteiger partial charge >= 0.3 is 0 Å². The molecular weight excluding hydrogens is 268 g/mol. The Morgan fingerprint density at radius 3 is 2.67 bits per heavy atom. The van der Waals surface area contributed by atoms with Gasteiger partial charge in [0.2, 0.25) is 17.8 Å². The Kier molecular flexibility index (Phi) is 4.38. The number of anilines is 3. The lowest BCUT2D eigenvalue weighted by atomic mass is 10.4. The van der Waals surface area contributed by atoms with Gasteiger partial charge in [0, 0.05) is 33.2 Å². The lowest BCUT2D eigenvalue weighted by Gasteiger charge is -2.28. The molecule has 0 spiro atoms. The third-order valence-corrected chi connectivity index (χ3v) is 3.81. The molecule has 116 valence electrons. The number of nitrogens with zero attached hydrogens (tertiary/aromatic N) is 5. The van der Waals surface area contributed by atoms with E-state index < -0.39 is 0 Å². The van der Waals surface area contributed by atoms with Crippen LogP contribution in [0.1, 0.15) is 19.8 Å². The standard InChI is InChI=1S/C14H24N6O/c1-3-15-12-16-13(19(2)10-11-4-5-11)18-14(17-12)20-6-8-21-9-7-20/h11H,3-10H2,1-2H3,(H,15,16,17,18). The zero-order valence-corrected chi connectivity index (χ0v) is 12.9. The second-order valence-electron chi connectivity index (χ2n) is 5.71. The minimum atomic E-state index is 0.659. The van der Waals surface area contributed by atoms with Crippen LogP contribution in [0.25, 0.3) is 0 Å². The maximum Gasteiger partial charge on any atom is 0.232 e. The number of hydrogen-bond donors (Lipinski definition) is 1. The first-order valence-corrected chi connectivity index (χ1v) is 7.80. The maximum absolute atomic E-state index is 5.40. The molecule has 2 fully saturated rings. The second-order valence-corrected chi connectivity index (χ2v) is 5.71. The van der Waals surface area contributed by atoms with Crippen molar-refractivity contribution in [1.29, 1.82) is 0 Å². The summed E-state index contributed by atoms with van der Waals surface area (Å²) in [5.74, 6) is 2.98. The molecule has 1 aromatic heterocycles. The Balaban J connectivity index is 1.81. The third-order valence-electron chi connectivity index (χ3n) is 3.81. The molecule has 0 atom stereocenters. The largest absolute Gasteiger partial charge is 0.378 e. The van der Waals surface area contributed by atoms with E-state index in [4.69, 9.17) is 4.74 Å². The number of nitrogens with one attached hydrogen (secondary N) is 1. The molecule has 1 aliphatic carbocycles. The first-order chi connectivity index (χ1) is 10.3. The van der Waals surface area contributed by atoms with E-state index >= 15 is 0 Å². The zero-order chi connectivity index (χ0) is 14.7. The summed E-state index contributed by atoms with van der Waals surface area (Å²) in [4.78, 5) is 18.0. The van der Waals surface area contributed by atoms with Crippen LogP contribution >= 0.6 is 0 Å². The fourth-order valence-electron chi connectivity index (χ4n) is 2.44. The van der Waals surface area contributed by atoms with Gasteiger partial charge in [-0.25, -0.2) is 0 Å². The molecule has 1 saturated heterocycles. The van der Waals surface area contributed by atoms with Crippen LogP contribution in [0.5, 0.6) is 0 Å². The SMILES string of the molecule is CCNc1nc(N(C)CC2CC2)nc(N2CCOCC2)n1. The van der Waals surface area contributed by atoms with Gasteiger partial charge in [-0.3, -0.25) is 0 Å². The van der Waals surface area contributed by atoms with Crippen LogP contribution in [0.2, 0.25) is 0 Å². The highest BCUT2D eigenvalue weighted by Crippen LogP contribution is 2.30. The predicted molar refractivity (Wildman–Crippen MR) is 83.0 cm³/mol. The molecule has 2 aliphatic rings. The van der Waals surface area contributed by atoms with Crippen LogP contribution < -0.4 is 15.1 Å². The summed E-state index contributed by atoms with van der Waals surface area (Å²) < 4.78 is 5.40. The highest BCUT2D eigenvalue weighted by Gasteiger charge is 2.25. The highest BCUT2D eigenvalue weighted by atomic mass is 16.5. The van der Waals surface area contributed by atoms with E-state index in [0.29, 0.717) is 5.95 Å². The number of rotatable bonds is 6. The smallest absolute Gasteiger partial charge is 0.232 e. The monoisotopic (exact) mass is 292 g/mol. The van der Waals surface area contributed by atoms with Gasteiger partial charge in [0.25, 0.3) is 0 Å². The Morgan fingerprint density at radius 1 is 1.24 bits per heavy atom. The van der Waals surface area contributed by atoms with Gasteiger partial charge < -0.3 is 19.9 Å². The third kappa shape index (κ3) is 3.72. The average molecular weight is 292 g/mol. The van der Waals surface area contributed by atoms with Crippen molar-refractivity contribution >= 4 is 17.8 Å². The summed E-state index contributed by atoms with van der Waals surface area (Å²) in [6.45, 7) is 7.01. The van der Waals surface area contributed by atoms with Gasteiger partial charge in [0.15, 0.2) is 0 Å². The minimum Gasteiger partial charge on any atom is -0.378 e. The van der Waals surface area contributed by atoms with Crippen molar-refractivity contribution in [2.45, 2.75) is 19.8 Å². The molecule has 0 aromatic carbocycles. The van der Waals surface area contributed by atoms with E-state index in [-0.39, 0.29) is 0 Å². The number of hydrogen-bond acceptors (Lipinski definition) is 7. The normalized spacial score (nSPS) is 18.7. The summed E-state index contributed by atoms with van der Waals surface area (Å²) in [6.07, 6.45) is 2.65. The number of aromatic nitrogens is 3. The number of ether oxygens (including phenoxy) is 1. The van der Waals surface area contributed by atoms with Gasteiger partial charge in [0.05, 0.1) is 13.2 Å². The molecule has 0 amide bonds. The Hall–Kier alpha value is -1.63. The molecule has 1 saturated carbocycles. The van der Waals surface area contributed by atoms with E-state index in [1.807, 2.05) is 6.92 Å². The molecule has 0 unspecified atom stereocenters. The molecular formula is C14H24N6O. The molecule has 1 N–H and O–H groups in total. The van der Waals surface area contributed by atoms with E-state index in [1.54, 1.807) is 0 Å². The molecule has 7 heteroatoms. The van der Waals surface area contributed by atoms with Gasteiger partial charge in [-0.15, -0.1) is 0 Å². The van der Waals surface area contributed by atoms with Crippen LogP contribution in [0.4, 0.5) is 17.8 Å². The lowest BCUT2D eigenvalue weighted by molar-refractivity contribution is 0.122. The Bertz CT molecular complexity index is 473. The van der Waals surface area contributed by atoms with Crippen molar-refractivity contribution in [3.8, 4) is 0 Å². The number of morpholine rings is 1. The van der Waals surface area contributed by atoms with E-state index in [0.717, 1.165) is 57.2 Å². The van der Waals surface area contributed by atoms with Crippen molar-refractivity contribution in [3.63, 3.8) is 0 Å². The summed E-state index contributed by atoms with van der Waals surface area (Å²) in [7, 11) is 2.06. The molecule has 2 heterocycles. The topological polar surface area (TPSA) is 66.4 Å². The van der Waals surface area contributed by atoms with Crippen LogP contribution in [0.15, 0.2) is 0 Å². The highest BCUT2D eigenvalue weighted by molar-refractivity contribution is 5.45.